The number of nitrogen functional groups attached to an aromatic ring is 1. The Morgan fingerprint density at radius 2 is 2.00 bits per heavy atom. The van der Waals surface area contributed by atoms with E-state index in [4.69, 9.17) is 15.2 Å². The molecule has 120 valence electrons. The molecule has 0 radical (unpaired) electrons. The third-order valence-corrected chi connectivity index (χ3v) is 2.25. The van der Waals surface area contributed by atoms with Crippen LogP contribution in [0.5, 0.6) is 0 Å². The number of rotatable bonds is 4. The molecular formula is C15H21N3O4. The van der Waals surface area contributed by atoms with Crippen LogP contribution in [0.25, 0.3) is 0 Å². The lowest BCUT2D eigenvalue weighted by Crippen LogP contribution is -2.31. The summed E-state index contributed by atoms with van der Waals surface area (Å²) in [5.74, 6) is -0.480. The van der Waals surface area contributed by atoms with Crippen molar-refractivity contribution in [1.82, 2.24) is 5.32 Å². The van der Waals surface area contributed by atoms with E-state index in [0.29, 0.717) is 16.9 Å². The summed E-state index contributed by atoms with van der Waals surface area (Å²) < 4.78 is 9.95. The van der Waals surface area contributed by atoms with E-state index < -0.39 is 17.7 Å². The highest BCUT2D eigenvalue weighted by Crippen LogP contribution is 2.19. The van der Waals surface area contributed by atoms with Crippen molar-refractivity contribution in [3.63, 3.8) is 0 Å². The summed E-state index contributed by atoms with van der Waals surface area (Å²) in [5, 5.41) is 2.37. The number of carbonyl (C=O) groups excluding carboxylic acids is 2. The van der Waals surface area contributed by atoms with Crippen molar-refractivity contribution in [2.75, 3.05) is 12.3 Å². The molecule has 0 spiro atoms. The zero-order valence-electron chi connectivity index (χ0n) is 13.2. The van der Waals surface area contributed by atoms with Crippen molar-refractivity contribution >= 4 is 29.8 Å². The summed E-state index contributed by atoms with van der Waals surface area (Å²) in [6, 6.07) is 4.58. The van der Waals surface area contributed by atoms with Crippen molar-refractivity contribution in [1.29, 1.82) is 0 Å². The Labute approximate surface area is 129 Å². The number of hydrogen-bond acceptors (Lipinski definition) is 6. The lowest BCUT2D eigenvalue weighted by molar-refractivity contribution is 0.0523. The molecule has 1 aromatic carbocycles. The first-order valence-electron chi connectivity index (χ1n) is 6.81. The predicted molar refractivity (Wildman–Crippen MR) is 84.3 cm³/mol. The molecule has 0 heterocycles. The largest absolute Gasteiger partial charge is 0.462 e. The van der Waals surface area contributed by atoms with E-state index >= 15 is 0 Å². The number of hydrogen-bond donors (Lipinski definition) is 2. The molecular weight excluding hydrogens is 286 g/mol. The highest BCUT2D eigenvalue weighted by molar-refractivity contribution is 5.92. The average Bonchev–Trinajstić information content (AvgIpc) is 2.36. The van der Waals surface area contributed by atoms with Crippen LogP contribution in [-0.2, 0) is 9.47 Å². The van der Waals surface area contributed by atoms with Gasteiger partial charge in [0.1, 0.15) is 5.60 Å². The summed E-state index contributed by atoms with van der Waals surface area (Å²) in [5.41, 5.74) is 6.21. The summed E-state index contributed by atoms with van der Waals surface area (Å²) in [4.78, 5) is 27.1. The van der Waals surface area contributed by atoms with E-state index in [0.717, 1.165) is 0 Å². The zero-order valence-corrected chi connectivity index (χ0v) is 13.2. The van der Waals surface area contributed by atoms with Gasteiger partial charge in [-0.3, -0.25) is 5.32 Å². The molecule has 3 N–H and O–H groups in total. The van der Waals surface area contributed by atoms with Gasteiger partial charge in [0.05, 0.1) is 24.2 Å². The topological polar surface area (TPSA) is 103 Å². The number of aliphatic imine (C=N–C) groups is 1. The van der Waals surface area contributed by atoms with Gasteiger partial charge in [0.15, 0.2) is 0 Å². The quantitative estimate of drug-likeness (QED) is 0.385. The molecule has 7 heteroatoms. The first-order valence-corrected chi connectivity index (χ1v) is 6.81. The van der Waals surface area contributed by atoms with Crippen molar-refractivity contribution in [2.45, 2.75) is 33.3 Å². The van der Waals surface area contributed by atoms with E-state index in [2.05, 4.69) is 10.3 Å². The summed E-state index contributed by atoms with van der Waals surface area (Å²) >= 11 is 0. The molecule has 0 aromatic heterocycles. The van der Waals surface area contributed by atoms with Gasteiger partial charge in [-0.05, 0) is 45.9 Å². The molecule has 0 saturated carbocycles. The van der Waals surface area contributed by atoms with E-state index in [1.54, 1.807) is 33.8 Å². The molecule has 0 saturated heterocycles. The van der Waals surface area contributed by atoms with Crippen molar-refractivity contribution in [2.24, 2.45) is 4.99 Å². The minimum absolute atomic E-state index is 0.270. The first-order chi connectivity index (χ1) is 10.2. The molecule has 0 atom stereocenters. The monoisotopic (exact) mass is 307 g/mol. The number of esters is 1. The van der Waals surface area contributed by atoms with Crippen LogP contribution in [-0.4, -0.2) is 30.6 Å². The third kappa shape index (κ3) is 6.25. The van der Waals surface area contributed by atoms with Gasteiger partial charge in [0.2, 0.25) is 0 Å². The Morgan fingerprint density at radius 1 is 1.32 bits per heavy atom. The van der Waals surface area contributed by atoms with Crippen LogP contribution in [0.15, 0.2) is 23.2 Å². The molecule has 1 amide bonds. The fourth-order valence-electron chi connectivity index (χ4n) is 1.51. The number of benzene rings is 1. The molecule has 0 bridgehead atoms. The maximum absolute atomic E-state index is 11.7. The third-order valence-electron chi connectivity index (χ3n) is 2.25. The number of amides is 1. The highest BCUT2D eigenvalue weighted by Gasteiger charge is 2.15. The van der Waals surface area contributed by atoms with Crippen LogP contribution in [0.4, 0.5) is 16.2 Å². The number of anilines is 1. The van der Waals surface area contributed by atoms with Gasteiger partial charge in [-0.15, -0.1) is 0 Å². The second kappa shape index (κ2) is 7.44. The highest BCUT2D eigenvalue weighted by atomic mass is 16.6. The van der Waals surface area contributed by atoms with E-state index in [9.17, 15) is 9.59 Å². The molecule has 22 heavy (non-hydrogen) atoms. The molecule has 0 aliphatic rings. The van der Waals surface area contributed by atoms with Crippen LogP contribution < -0.4 is 11.1 Å². The molecule has 1 rings (SSSR count). The first kappa shape index (κ1) is 17.5. The van der Waals surface area contributed by atoms with Gasteiger partial charge in [0.25, 0.3) is 0 Å². The van der Waals surface area contributed by atoms with Crippen molar-refractivity contribution < 1.29 is 19.1 Å². The van der Waals surface area contributed by atoms with Gasteiger partial charge >= 0.3 is 12.1 Å². The Bertz CT molecular complexity index is 577. The molecule has 0 fully saturated rings. The van der Waals surface area contributed by atoms with E-state index in [1.165, 1.54) is 18.5 Å². The predicted octanol–water partition coefficient (Wildman–Crippen LogP) is 2.63. The Kier molecular flexibility index (Phi) is 5.91. The van der Waals surface area contributed by atoms with Gasteiger partial charge in [-0.25, -0.2) is 14.6 Å². The van der Waals surface area contributed by atoms with E-state index in [1.807, 2.05) is 0 Å². The fraction of sp³-hybridized carbons (Fsp3) is 0.400. The molecule has 7 nitrogen and oxygen atoms in total. The fourth-order valence-corrected chi connectivity index (χ4v) is 1.51. The van der Waals surface area contributed by atoms with Crippen LogP contribution >= 0.6 is 0 Å². The summed E-state index contributed by atoms with van der Waals surface area (Å²) in [6.07, 6.45) is 0.559. The second-order valence-corrected chi connectivity index (χ2v) is 5.44. The second-order valence-electron chi connectivity index (χ2n) is 5.44. The Morgan fingerprint density at radius 3 is 2.59 bits per heavy atom. The lowest BCUT2D eigenvalue weighted by Gasteiger charge is -2.18. The van der Waals surface area contributed by atoms with Crippen LogP contribution in [0.2, 0.25) is 0 Å². The summed E-state index contributed by atoms with van der Waals surface area (Å²) in [7, 11) is 0. The Hall–Kier alpha value is -2.57. The Balaban J connectivity index is 2.75. The maximum Gasteiger partial charge on any atom is 0.412 e. The number of alkyl carbamates (subject to hydrolysis) is 1. The lowest BCUT2D eigenvalue weighted by atomic mass is 10.2. The standard InChI is InChI=1S/C15H21N3O4/c1-5-21-13(19)10-6-11(16)8-12(7-10)17-9-18-14(20)22-15(2,3)4/h6-9H,5,16H2,1-4H3,(H,17,18,20). The zero-order chi connectivity index (χ0) is 16.8. The number of ether oxygens (including phenoxy) is 2. The average molecular weight is 307 g/mol. The normalized spacial score (nSPS) is 11.3. The molecule has 0 aliphatic heterocycles. The smallest absolute Gasteiger partial charge is 0.412 e. The summed E-state index contributed by atoms with van der Waals surface area (Å²) in [6.45, 7) is 7.26. The SMILES string of the molecule is CCOC(=O)c1cc(N)cc(N=CNC(=O)OC(C)(C)C)c1. The van der Waals surface area contributed by atoms with Crippen molar-refractivity contribution in [3.8, 4) is 0 Å². The van der Waals surface area contributed by atoms with Crippen molar-refractivity contribution in [3.05, 3.63) is 23.8 Å². The molecule has 0 aliphatic carbocycles. The number of nitrogens with one attached hydrogen (secondary N) is 1. The van der Waals surface area contributed by atoms with Crippen LogP contribution in [0.1, 0.15) is 38.1 Å². The van der Waals surface area contributed by atoms with Crippen LogP contribution in [0, 0.1) is 0 Å². The number of nitrogens with zero attached hydrogens (tertiary/aromatic N) is 1. The number of carbonyl (C=O) groups is 2. The molecule has 0 unspecified atom stereocenters. The van der Waals surface area contributed by atoms with Gasteiger partial charge in [-0.1, -0.05) is 0 Å². The minimum atomic E-state index is -0.620. The van der Waals surface area contributed by atoms with Gasteiger partial charge < -0.3 is 15.2 Å². The molecule has 1 aromatic rings. The van der Waals surface area contributed by atoms with Gasteiger partial charge in [0, 0.05) is 5.69 Å². The maximum atomic E-state index is 11.7. The number of nitrogens with two attached hydrogens (primary N) is 1. The van der Waals surface area contributed by atoms with Crippen LogP contribution in [0.3, 0.4) is 0 Å². The van der Waals surface area contributed by atoms with Gasteiger partial charge in [-0.2, -0.15) is 0 Å². The van der Waals surface area contributed by atoms with E-state index in [-0.39, 0.29) is 6.61 Å². The minimum Gasteiger partial charge on any atom is -0.462 e.